The highest BCUT2D eigenvalue weighted by atomic mass is 35.5. The van der Waals surface area contributed by atoms with Crippen LogP contribution in [0.4, 0.5) is 0 Å². The maximum Gasteiger partial charge on any atom is 0.330 e. The van der Waals surface area contributed by atoms with Crippen LogP contribution in [0.15, 0.2) is 18.5 Å². The summed E-state index contributed by atoms with van der Waals surface area (Å²) in [5.41, 5.74) is -0.654. The fourth-order valence-corrected chi connectivity index (χ4v) is 3.39. The van der Waals surface area contributed by atoms with E-state index in [1.54, 1.807) is 22.9 Å². The standard InChI is InChI=1S/C15H15Cl2N3O3/c1-14(2)7-15(14,13(22)23)19-11(21)4-9-6-20-5-8(16)3-10(17)12(20)18-9/h3,5-6H,4,7H2,1-2H3,(H,19,21)(H,22,23). The van der Waals surface area contributed by atoms with Gasteiger partial charge in [-0.15, -0.1) is 0 Å². The van der Waals surface area contributed by atoms with E-state index in [0.29, 0.717) is 27.8 Å². The van der Waals surface area contributed by atoms with Crippen LogP contribution in [0.1, 0.15) is 26.0 Å². The fraction of sp³-hybridized carbons (Fsp3) is 0.400. The van der Waals surface area contributed by atoms with Crippen LogP contribution in [0, 0.1) is 5.41 Å². The Hall–Kier alpha value is -1.79. The average molecular weight is 356 g/mol. The molecule has 8 heteroatoms. The number of hydrogen-bond acceptors (Lipinski definition) is 3. The van der Waals surface area contributed by atoms with Gasteiger partial charge >= 0.3 is 5.97 Å². The number of aromatic nitrogens is 2. The summed E-state index contributed by atoms with van der Waals surface area (Å²) in [6.45, 7) is 3.63. The molecule has 1 atom stereocenters. The number of halogens is 2. The highest BCUT2D eigenvalue weighted by molar-refractivity contribution is 6.36. The van der Waals surface area contributed by atoms with Crippen LogP contribution in [-0.2, 0) is 16.0 Å². The molecule has 0 bridgehead atoms. The van der Waals surface area contributed by atoms with Crippen molar-refractivity contribution in [3.8, 4) is 0 Å². The van der Waals surface area contributed by atoms with Crippen molar-refractivity contribution >= 4 is 40.7 Å². The molecule has 0 aromatic carbocycles. The van der Waals surface area contributed by atoms with E-state index in [4.69, 9.17) is 23.2 Å². The molecule has 6 nitrogen and oxygen atoms in total. The summed E-state index contributed by atoms with van der Waals surface area (Å²) >= 11 is 12.0. The van der Waals surface area contributed by atoms with Gasteiger partial charge in [-0.25, -0.2) is 9.78 Å². The number of fused-ring (bicyclic) bond motifs is 1. The first-order valence-electron chi connectivity index (χ1n) is 7.02. The molecule has 3 rings (SSSR count). The predicted octanol–water partition coefficient (Wildman–Crippen LogP) is 2.55. The Morgan fingerprint density at radius 1 is 1.39 bits per heavy atom. The summed E-state index contributed by atoms with van der Waals surface area (Å²) in [6, 6.07) is 1.57. The minimum Gasteiger partial charge on any atom is -0.479 e. The summed E-state index contributed by atoms with van der Waals surface area (Å²) in [5.74, 6) is -1.40. The van der Waals surface area contributed by atoms with Gasteiger partial charge in [0.25, 0.3) is 0 Å². The number of rotatable bonds is 4. The Kier molecular flexibility index (Phi) is 3.57. The number of carboxylic acid groups (broad SMARTS) is 1. The first-order chi connectivity index (χ1) is 10.6. The van der Waals surface area contributed by atoms with Gasteiger partial charge in [-0.3, -0.25) is 4.79 Å². The highest BCUT2D eigenvalue weighted by Crippen LogP contribution is 2.55. The lowest BCUT2D eigenvalue weighted by Crippen LogP contribution is -2.47. The van der Waals surface area contributed by atoms with E-state index in [0.717, 1.165) is 0 Å². The smallest absolute Gasteiger partial charge is 0.330 e. The maximum absolute atomic E-state index is 12.2. The Morgan fingerprint density at radius 3 is 2.61 bits per heavy atom. The second kappa shape index (κ2) is 5.11. The number of carbonyl (C=O) groups is 2. The van der Waals surface area contributed by atoms with E-state index < -0.39 is 16.9 Å². The molecule has 2 aromatic rings. The minimum absolute atomic E-state index is 0.0270. The Bertz CT molecular complexity index is 831. The van der Waals surface area contributed by atoms with Crippen molar-refractivity contribution in [1.82, 2.24) is 14.7 Å². The number of nitrogens with zero attached hydrogens (tertiary/aromatic N) is 2. The van der Waals surface area contributed by atoms with E-state index in [1.165, 1.54) is 0 Å². The Morgan fingerprint density at radius 2 is 2.04 bits per heavy atom. The molecule has 23 heavy (non-hydrogen) atoms. The Labute approximate surface area is 142 Å². The van der Waals surface area contributed by atoms with E-state index >= 15 is 0 Å². The van der Waals surface area contributed by atoms with Gasteiger partial charge < -0.3 is 14.8 Å². The second-order valence-electron chi connectivity index (χ2n) is 6.47. The van der Waals surface area contributed by atoms with Gasteiger partial charge in [-0.1, -0.05) is 37.0 Å². The average Bonchev–Trinajstić information content (AvgIpc) is 2.76. The van der Waals surface area contributed by atoms with E-state index in [-0.39, 0.29) is 12.3 Å². The second-order valence-corrected chi connectivity index (χ2v) is 7.31. The van der Waals surface area contributed by atoms with Crippen molar-refractivity contribution in [3.63, 3.8) is 0 Å². The van der Waals surface area contributed by atoms with Gasteiger partial charge in [-0.2, -0.15) is 0 Å². The van der Waals surface area contributed by atoms with Crippen molar-refractivity contribution < 1.29 is 14.7 Å². The largest absolute Gasteiger partial charge is 0.479 e. The molecular weight excluding hydrogens is 341 g/mol. The molecule has 2 aromatic heterocycles. The predicted molar refractivity (Wildman–Crippen MR) is 85.8 cm³/mol. The molecule has 2 heterocycles. The summed E-state index contributed by atoms with van der Waals surface area (Å²) < 4.78 is 1.64. The van der Waals surface area contributed by atoms with Crippen molar-refractivity contribution in [3.05, 3.63) is 34.2 Å². The number of aliphatic carboxylic acids is 1. The summed E-state index contributed by atoms with van der Waals surface area (Å²) in [5, 5.41) is 12.8. The third-order valence-corrected chi connectivity index (χ3v) is 4.80. The molecule has 1 aliphatic carbocycles. The van der Waals surface area contributed by atoms with Gasteiger partial charge in [0.2, 0.25) is 5.91 Å². The van der Waals surface area contributed by atoms with Crippen molar-refractivity contribution in [2.24, 2.45) is 5.41 Å². The van der Waals surface area contributed by atoms with Gasteiger partial charge in [-0.05, 0) is 12.5 Å². The fourth-order valence-electron chi connectivity index (χ4n) is 2.86. The molecule has 1 saturated carbocycles. The molecule has 122 valence electrons. The molecule has 1 amide bonds. The lowest BCUT2D eigenvalue weighted by molar-refractivity contribution is -0.144. The quantitative estimate of drug-likeness (QED) is 0.882. The number of pyridine rings is 1. The van der Waals surface area contributed by atoms with Crippen LogP contribution >= 0.6 is 23.2 Å². The zero-order chi connectivity index (χ0) is 17.0. The summed E-state index contributed by atoms with van der Waals surface area (Å²) in [4.78, 5) is 27.9. The number of carboxylic acids is 1. The molecule has 0 saturated heterocycles. The lowest BCUT2D eigenvalue weighted by atomic mass is 10.0. The molecule has 1 aliphatic rings. The van der Waals surface area contributed by atoms with Crippen LogP contribution in [0.25, 0.3) is 5.65 Å². The van der Waals surface area contributed by atoms with Crippen molar-refractivity contribution in [2.45, 2.75) is 32.2 Å². The molecule has 1 unspecified atom stereocenters. The van der Waals surface area contributed by atoms with Crippen molar-refractivity contribution in [2.75, 3.05) is 0 Å². The van der Waals surface area contributed by atoms with Gasteiger partial charge in [0.1, 0.15) is 5.54 Å². The number of carbonyl (C=O) groups excluding carboxylic acids is 1. The first kappa shape index (κ1) is 16.1. The molecule has 1 fully saturated rings. The van der Waals surface area contributed by atoms with Gasteiger partial charge in [0.15, 0.2) is 5.65 Å². The van der Waals surface area contributed by atoms with Crippen LogP contribution < -0.4 is 5.32 Å². The van der Waals surface area contributed by atoms with E-state index in [9.17, 15) is 14.7 Å². The number of imidazole rings is 1. The zero-order valence-corrected chi connectivity index (χ0v) is 14.1. The topological polar surface area (TPSA) is 83.7 Å². The SMILES string of the molecule is CC1(C)CC1(NC(=O)Cc1cn2cc(Cl)cc(Cl)c2n1)C(=O)O. The van der Waals surface area contributed by atoms with Crippen molar-refractivity contribution in [1.29, 1.82) is 0 Å². The number of amides is 1. The van der Waals surface area contributed by atoms with Gasteiger partial charge in [0, 0.05) is 17.8 Å². The molecular formula is C15H15Cl2N3O3. The Balaban J connectivity index is 1.79. The third-order valence-electron chi connectivity index (χ3n) is 4.32. The van der Waals surface area contributed by atoms with Crippen LogP contribution in [0.5, 0.6) is 0 Å². The monoisotopic (exact) mass is 355 g/mol. The lowest BCUT2D eigenvalue weighted by Gasteiger charge is -2.17. The van der Waals surface area contributed by atoms with Crippen LogP contribution in [-0.4, -0.2) is 31.9 Å². The normalized spacial score (nSPS) is 22.1. The van der Waals surface area contributed by atoms with E-state index in [1.807, 2.05) is 13.8 Å². The van der Waals surface area contributed by atoms with E-state index in [2.05, 4.69) is 10.3 Å². The molecule has 2 N–H and O–H groups in total. The number of hydrogen-bond donors (Lipinski definition) is 2. The molecule has 0 spiro atoms. The van der Waals surface area contributed by atoms with Gasteiger partial charge in [0.05, 0.1) is 22.2 Å². The molecule has 0 radical (unpaired) electrons. The molecule has 0 aliphatic heterocycles. The summed E-state index contributed by atoms with van der Waals surface area (Å²) in [7, 11) is 0. The van der Waals surface area contributed by atoms with Crippen LogP contribution in [0.2, 0.25) is 10.0 Å². The zero-order valence-electron chi connectivity index (χ0n) is 12.6. The maximum atomic E-state index is 12.2. The highest BCUT2D eigenvalue weighted by Gasteiger charge is 2.68. The summed E-state index contributed by atoms with van der Waals surface area (Å²) in [6.07, 6.45) is 3.67. The minimum atomic E-state index is -1.19. The van der Waals surface area contributed by atoms with Crippen LogP contribution in [0.3, 0.4) is 0 Å². The first-order valence-corrected chi connectivity index (χ1v) is 7.77. The third kappa shape index (κ3) is 2.66. The number of nitrogens with one attached hydrogen (secondary N) is 1.